The Morgan fingerprint density at radius 1 is 0.906 bits per heavy atom. The molecule has 0 saturated heterocycles. The van der Waals surface area contributed by atoms with Crippen LogP contribution in [0.5, 0.6) is 5.75 Å². The monoisotopic (exact) mass is 422 g/mol. The van der Waals surface area contributed by atoms with E-state index in [2.05, 4.69) is 9.97 Å². The number of fused-ring (bicyclic) bond motifs is 3. The first-order valence-electron chi connectivity index (χ1n) is 10.4. The number of H-pyrrole nitrogens is 1. The van der Waals surface area contributed by atoms with Crippen LogP contribution in [0.2, 0.25) is 0 Å². The number of ether oxygens (including phenoxy) is 2. The first kappa shape index (κ1) is 20.0. The van der Waals surface area contributed by atoms with Crippen LogP contribution < -0.4 is 4.74 Å². The van der Waals surface area contributed by atoms with Crippen LogP contribution in [0, 0.1) is 0 Å². The molecule has 0 spiro atoms. The summed E-state index contributed by atoms with van der Waals surface area (Å²) in [5.41, 5.74) is 4.69. The fourth-order valence-electron chi connectivity index (χ4n) is 3.98. The third-order valence-electron chi connectivity index (χ3n) is 5.50. The quantitative estimate of drug-likeness (QED) is 0.343. The molecular formula is C27H22N2O3. The van der Waals surface area contributed by atoms with E-state index in [4.69, 9.17) is 9.47 Å². The van der Waals surface area contributed by atoms with Crippen molar-refractivity contribution in [3.05, 3.63) is 107 Å². The minimum atomic E-state index is -0.120. The molecule has 3 aromatic carbocycles. The summed E-state index contributed by atoms with van der Waals surface area (Å²) in [6.45, 7) is 0.763. The second-order valence-electron chi connectivity index (χ2n) is 7.61. The Bertz CT molecular complexity index is 1390. The number of carbonyl (C=O) groups excluding carboxylic acids is 1. The van der Waals surface area contributed by atoms with Crippen LogP contribution in [0.4, 0.5) is 0 Å². The minimum Gasteiger partial charge on any atom is -0.489 e. The Kier molecular flexibility index (Phi) is 5.40. The molecular weight excluding hydrogens is 400 g/mol. The predicted octanol–water partition coefficient (Wildman–Crippen LogP) is 5.67. The molecule has 5 rings (SSSR count). The third kappa shape index (κ3) is 3.74. The van der Waals surface area contributed by atoms with E-state index < -0.39 is 0 Å². The zero-order valence-corrected chi connectivity index (χ0v) is 17.7. The van der Waals surface area contributed by atoms with Gasteiger partial charge in [0.1, 0.15) is 18.1 Å². The lowest BCUT2D eigenvalue weighted by Crippen LogP contribution is -2.09. The van der Waals surface area contributed by atoms with Crippen molar-refractivity contribution in [1.29, 1.82) is 0 Å². The zero-order chi connectivity index (χ0) is 21.9. The van der Waals surface area contributed by atoms with E-state index >= 15 is 0 Å². The summed E-state index contributed by atoms with van der Waals surface area (Å²) in [5.74, 6) is 0.642. The van der Waals surface area contributed by atoms with E-state index in [0.717, 1.165) is 38.7 Å². The molecule has 158 valence electrons. The number of methoxy groups -OCH3 is 1. The van der Waals surface area contributed by atoms with Gasteiger partial charge >= 0.3 is 0 Å². The number of rotatable bonds is 7. The highest BCUT2D eigenvalue weighted by Gasteiger charge is 2.20. The fraction of sp³-hybridized carbons (Fsp3) is 0.111. The first-order chi connectivity index (χ1) is 15.7. The molecule has 0 saturated carbocycles. The Balaban J connectivity index is 1.60. The van der Waals surface area contributed by atoms with Gasteiger partial charge in [0.2, 0.25) is 5.78 Å². The summed E-state index contributed by atoms with van der Waals surface area (Å²) < 4.78 is 11.5. The van der Waals surface area contributed by atoms with Gasteiger partial charge in [0, 0.05) is 34.5 Å². The average Bonchev–Trinajstić information content (AvgIpc) is 3.22. The fourth-order valence-corrected chi connectivity index (χ4v) is 3.98. The van der Waals surface area contributed by atoms with Crippen LogP contribution in [0.25, 0.3) is 21.8 Å². The third-order valence-corrected chi connectivity index (χ3v) is 5.50. The first-order valence-corrected chi connectivity index (χ1v) is 10.4. The van der Waals surface area contributed by atoms with Crippen molar-refractivity contribution in [2.45, 2.75) is 13.2 Å². The van der Waals surface area contributed by atoms with E-state index in [9.17, 15) is 4.79 Å². The highest BCUT2D eigenvalue weighted by molar-refractivity contribution is 6.15. The maximum atomic E-state index is 13.2. The Morgan fingerprint density at radius 2 is 1.66 bits per heavy atom. The molecule has 2 heterocycles. The molecule has 0 aliphatic carbocycles. The van der Waals surface area contributed by atoms with Gasteiger partial charge in [-0.05, 0) is 23.8 Å². The lowest BCUT2D eigenvalue weighted by atomic mass is 10.00. The van der Waals surface area contributed by atoms with Crippen molar-refractivity contribution in [2.75, 3.05) is 7.11 Å². The molecule has 0 radical (unpaired) electrons. The maximum absolute atomic E-state index is 13.2. The Labute approximate surface area is 185 Å². The number of hydrogen-bond donors (Lipinski definition) is 1. The molecule has 0 atom stereocenters. The summed E-state index contributed by atoms with van der Waals surface area (Å²) in [4.78, 5) is 21.1. The molecule has 2 aromatic heterocycles. The van der Waals surface area contributed by atoms with Gasteiger partial charge in [-0.25, -0.2) is 0 Å². The normalized spacial score (nSPS) is 11.2. The molecule has 5 aromatic rings. The summed E-state index contributed by atoms with van der Waals surface area (Å²) in [5, 5.41) is 1.91. The Hall–Kier alpha value is -3.96. The maximum Gasteiger partial charge on any atom is 0.211 e. The van der Waals surface area contributed by atoms with Crippen LogP contribution in [0.15, 0.2) is 85.1 Å². The van der Waals surface area contributed by atoms with Gasteiger partial charge in [-0.2, -0.15) is 0 Å². The molecule has 0 aliphatic rings. The molecule has 0 aliphatic heterocycles. The Morgan fingerprint density at radius 3 is 2.41 bits per heavy atom. The molecule has 0 unspecified atom stereocenters. The number of aromatic nitrogens is 2. The molecule has 0 amide bonds. The summed E-state index contributed by atoms with van der Waals surface area (Å²) in [6, 6.07) is 25.2. The molecule has 1 N–H and O–H groups in total. The van der Waals surface area contributed by atoms with Crippen LogP contribution in [-0.4, -0.2) is 22.9 Å². The standard InChI is InChI=1S/C27H22N2O3/c1-31-17-22-25-21-14-20(32-16-18-8-4-2-5-9-18)12-13-23(21)29-24(25)15-28-26(22)27(30)19-10-6-3-7-11-19/h2-15,29H,16-17H2,1H3. The van der Waals surface area contributed by atoms with Crippen molar-refractivity contribution < 1.29 is 14.3 Å². The average molecular weight is 422 g/mol. The number of carbonyl (C=O) groups is 1. The predicted molar refractivity (Wildman–Crippen MR) is 125 cm³/mol. The molecule has 0 bridgehead atoms. The topological polar surface area (TPSA) is 64.2 Å². The largest absolute Gasteiger partial charge is 0.489 e. The van der Waals surface area contributed by atoms with Gasteiger partial charge in [-0.3, -0.25) is 9.78 Å². The highest BCUT2D eigenvalue weighted by atomic mass is 16.5. The summed E-state index contributed by atoms with van der Waals surface area (Å²) in [7, 11) is 1.62. The van der Waals surface area contributed by atoms with Crippen molar-refractivity contribution in [3.8, 4) is 5.75 Å². The van der Waals surface area contributed by atoms with Crippen LogP contribution in [0.1, 0.15) is 27.2 Å². The van der Waals surface area contributed by atoms with E-state index in [-0.39, 0.29) is 12.4 Å². The second kappa shape index (κ2) is 8.65. The van der Waals surface area contributed by atoms with Gasteiger partial charge in [-0.1, -0.05) is 60.7 Å². The number of hydrogen-bond acceptors (Lipinski definition) is 4. The molecule has 32 heavy (non-hydrogen) atoms. The highest BCUT2D eigenvalue weighted by Crippen LogP contribution is 2.33. The second-order valence-corrected chi connectivity index (χ2v) is 7.61. The van der Waals surface area contributed by atoms with Gasteiger partial charge < -0.3 is 14.5 Å². The van der Waals surface area contributed by atoms with Crippen LogP contribution in [0.3, 0.4) is 0 Å². The van der Waals surface area contributed by atoms with Crippen molar-refractivity contribution in [2.24, 2.45) is 0 Å². The molecule has 5 nitrogen and oxygen atoms in total. The van der Waals surface area contributed by atoms with Gasteiger partial charge in [0.15, 0.2) is 0 Å². The number of nitrogens with zero attached hydrogens (tertiary/aromatic N) is 1. The van der Waals surface area contributed by atoms with Gasteiger partial charge in [0.05, 0.1) is 18.3 Å². The smallest absolute Gasteiger partial charge is 0.211 e. The van der Waals surface area contributed by atoms with Crippen molar-refractivity contribution >= 4 is 27.6 Å². The number of benzene rings is 3. The number of pyridine rings is 1. The summed E-state index contributed by atoms with van der Waals surface area (Å²) in [6.07, 6.45) is 1.72. The summed E-state index contributed by atoms with van der Waals surface area (Å²) >= 11 is 0. The zero-order valence-electron chi connectivity index (χ0n) is 17.7. The number of nitrogens with one attached hydrogen (secondary N) is 1. The SMILES string of the molecule is COCc1c(C(=O)c2ccccc2)ncc2[nH]c3ccc(OCc4ccccc4)cc3c12. The van der Waals surface area contributed by atoms with E-state index in [0.29, 0.717) is 17.9 Å². The van der Waals surface area contributed by atoms with E-state index in [1.807, 2.05) is 66.7 Å². The van der Waals surface area contributed by atoms with Crippen LogP contribution in [-0.2, 0) is 18.0 Å². The van der Waals surface area contributed by atoms with Crippen molar-refractivity contribution in [3.63, 3.8) is 0 Å². The number of ketones is 1. The number of aromatic amines is 1. The van der Waals surface area contributed by atoms with E-state index in [1.165, 1.54) is 0 Å². The molecule has 0 fully saturated rings. The van der Waals surface area contributed by atoms with Gasteiger partial charge in [-0.15, -0.1) is 0 Å². The minimum absolute atomic E-state index is 0.120. The van der Waals surface area contributed by atoms with Gasteiger partial charge in [0.25, 0.3) is 0 Å². The lowest BCUT2D eigenvalue weighted by Gasteiger charge is -2.10. The van der Waals surface area contributed by atoms with Crippen molar-refractivity contribution in [1.82, 2.24) is 9.97 Å². The van der Waals surface area contributed by atoms with Crippen LogP contribution >= 0.6 is 0 Å². The lowest BCUT2D eigenvalue weighted by molar-refractivity contribution is 0.102. The molecule has 5 heteroatoms. The van der Waals surface area contributed by atoms with E-state index in [1.54, 1.807) is 25.4 Å².